The van der Waals surface area contributed by atoms with E-state index in [1.165, 1.54) is 17.7 Å². The van der Waals surface area contributed by atoms with Crippen molar-refractivity contribution in [2.45, 2.75) is 39.0 Å². The van der Waals surface area contributed by atoms with Crippen LogP contribution < -0.4 is 10.2 Å². The minimum atomic E-state index is -0.509. The number of nitrogens with zero attached hydrogens (tertiary/aromatic N) is 6. The molecule has 1 aliphatic rings. The van der Waals surface area contributed by atoms with Gasteiger partial charge in [-0.05, 0) is 42.0 Å². The molecule has 0 spiro atoms. The fourth-order valence-electron chi connectivity index (χ4n) is 4.06. The number of hydrogen-bond donors (Lipinski definition) is 1. The number of nitro groups is 1. The number of carbonyl (C=O) groups excluding carboxylic acids is 1. The molecule has 0 aliphatic carbocycles. The predicted octanol–water partition coefficient (Wildman–Crippen LogP) is 4.94. The first-order valence-corrected chi connectivity index (χ1v) is 12.2. The van der Waals surface area contributed by atoms with Crippen LogP contribution in [0.2, 0.25) is 0 Å². The van der Waals surface area contributed by atoms with Crippen LogP contribution in [0.25, 0.3) is 16.7 Å². The van der Waals surface area contributed by atoms with E-state index in [2.05, 4.69) is 53.2 Å². The predicted molar refractivity (Wildman–Crippen MR) is 136 cm³/mol. The van der Waals surface area contributed by atoms with E-state index in [1.54, 1.807) is 10.9 Å². The molecule has 1 amide bonds. The van der Waals surface area contributed by atoms with Crippen molar-refractivity contribution in [1.29, 1.82) is 0 Å². The van der Waals surface area contributed by atoms with Crippen LogP contribution in [0.4, 0.5) is 16.8 Å². The van der Waals surface area contributed by atoms with Gasteiger partial charge in [0.2, 0.25) is 5.95 Å². The van der Waals surface area contributed by atoms with Crippen LogP contribution in [0.3, 0.4) is 0 Å². The molecule has 1 saturated heterocycles. The molecule has 1 aliphatic heterocycles. The quantitative estimate of drug-likeness (QED) is 0.310. The summed E-state index contributed by atoms with van der Waals surface area (Å²) in [6.07, 6.45) is 3.73. The van der Waals surface area contributed by atoms with Crippen LogP contribution in [-0.2, 0) is 5.41 Å². The van der Waals surface area contributed by atoms with Gasteiger partial charge in [0.1, 0.15) is 5.82 Å². The maximum absolute atomic E-state index is 12.9. The van der Waals surface area contributed by atoms with Crippen molar-refractivity contribution in [2.75, 3.05) is 23.3 Å². The molecule has 180 valence electrons. The smallest absolute Gasteiger partial charge is 0.324 e. The highest BCUT2D eigenvalue weighted by Crippen LogP contribution is 2.30. The topological polar surface area (TPSA) is 119 Å². The molecule has 11 heteroatoms. The summed E-state index contributed by atoms with van der Waals surface area (Å²) in [6.45, 7) is 8.17. The standard InChI is InChI=1S/C24H25N7O3S/c1-24(2,3)15-6-8-16(9-7-15)30-21-17(14-25-30)20(27-23(28-21)29-12-4-5-13-29)26-22(32)18-10-11-19(35-18)31(33)34/h6-11,14H,4-5,12-13H2,1-3H3,(H,26,27,28,32). The van der Waals surface area contributed by atoms with Crippen molar-refractivity contribution in [3.8, 4) is 5.69 Å². The number of anilines is 2. The molecule has 4 heterocycles. The third kappa shape index (κ3) is 4.46. The van der Waals surface area contributed by atoms with E-state index in [4.69, 9.17) is 4.98 Å². The minimum absolute atomic E-state index is 0.0319. The zero-order chi connectivity index (χ0) is 24.7. The largest absolute Gasteiger partial charge is 0.341 e. The van der Waals surface area contributed by atoms with Crippen molar-refractivity contribution in [1.82, 2.24) is 19.7 Å². The van der Waals surface area contributed by atoms with E-state index in [9.17, 15) is 14.9 Å². The molecule has 0 unspecified atom stereocenters. The molecule has 0 atom stereocenters. The van der Waals surface area contributed by atoms with Crippen LogP contribution in [0.15, 0.2) is 42.6 Å². The zero-order valence-corrected chi connectivity index (χ0v) is 20.5. The van der Waals surface area contributed by atoms with E-state index in [1.807, 2.05) is 12.1 Å². The maximum Gasteiger partial charge on any atom is 0.324 e. The van der Waals surface area contributed by atoms with E-state index >= 15 is 0 Å². The molecular weight excluding hydrogens is 466 g/mol. The highest BCUT2D eigenvalue weighted by Gasteiger charge is 2.23. The Balaban J connectivity index is 1.56. The molecule has 1 N–H and O–H groups in total. The number of fused-ring (bicyclic) bond motifs is 1. The van der Waals surface area contributed by atoms with E-state index < -0.39 is 10.8 Å². The molecule has 3 aromatic heterocycles. The molecule has 10 nitrogen and oxygen atoms in total. The number of aromatic nitrogens is 4. The highest BCUT2D eigenvalue weighted by atomic mass is 32.1. The first kappa shape index (κ1) is 22.9. The number of benzene rings is 1. The van der Waals surface area contributed by atoms with Crippen molar-refractivity contribution in [2.24, 2.45) is 0 Å². The Labute approximate surface area is 205 Å². The molecule has 1 fully saturated rings. The number of thiophene rings is 1. The average Bonchev–Trinajstić information content (AvgIpc) is 3.59. The summed E-state index contributed by atoms with van der Waals surface area (Å²) in [5.74, 6) is 0.392. The number of amides is 1. The molecule has 4 aromatic rings. The molecular formula is C24H25N7O3S. The van der Waals surface area contributed by atoms with Gasteiger partial charge < -0.3 is 10.2 Å². The second-order valence-electron chi connectivity index (χ2n) is 9.51. The van der Waals surface area contributed by atoms with Crippen LogP contribution in [-0.4, -0.2) is 43.7 Å². The Morgan fingerprint density at radius 3 is 2.43 bits per heavy atom. The molecule has 5 rings (SSSR count). The van der Waals surface area contributed by atoms with Gasteiger partial charge >= 0.3 is 5.00 Å². The lowest BCUT2D eigenvalue weighted by Crippen LogP contribution is -2.22. The van der Waals surface area contributed by atoms with Gasteiger partial charge in [0.05, 0.1) is 27.1 Å². The van der Waals surface area contributed by atoms with Crippen LogP contribution in [0, 0.1) is 10.1 Å². The third-order valence-corrected chi connectivity index (χ3v) is 7.05. The second kappa shape index (κ2) is 8.73. The summed E-state index contributed by atoms with van der Waals surface area (Å²) in [5, 5.41) is 18.9. The highest BCUT2D eigenvalue weighted by molar-refractivity contribution is 7.17. The lowest BCUT2D eigenvalue weighted by molar-refractivity contribution is -0.380. The van der Waals surface area contributed by atoms with Crippen LogP contribution in [0.5, 0.6) is 0 Å². The average molecular weight is 492 g/mol. The van der Waals surface area contributed by atoms with E-state index in [0.29, 0.717) is 22.8 Å². The monoisotopic (exact) mass is 491 g/mol. The summed E-state index contributed by atoms with van der Waals surface area (Å²) in [7, 11) is 0. The summed E-state index contributed by atoms with van der Waals surface area (Å²) < 4.78 is 1.74. The summed E-state index contributed by atoms with van der Waals surface area (Å²) in [6, 6.07) is 10.9. The SMILES string of the molecule is CC(C)(C)c1ccc(-n2ncc3c(NC(=O)c4ccc([N+](=O)[O-])s4)nc(N4CCCC4)nc32)cc1. The van der Waals surface area contributed by atoms with Crippen molar-refractivity contribution >= 4 is 45.0 Å². The van der Waals surface area contributed by atoms with Crippen LogP contribution in [0.1, 0.15) is 48.8 Å². The molecule has 35 heavy (non-hydrogen) atoms. The molecule has 1 aromatic carbocycles. The van der Waals surface area contributed by atoms with E-state index in [-0.39, 0.29) is 15.3 Å². The number of carbonyl (C=O) groups is 1. The Bertz CT molecular complexity index is 1410. The first-order chi connectivity index (χ1) is 16.7. The van der Waals surface area contributed by atoms with Gasteiger partial charge in [0, 0.05) is 19.2 Å². The summed E-state index contributed by atoms with van der Waals surface area (Å²) in [4.78, 5) is 35.2. The maximum atomic E-state index is 12.9. The number of rotatable bonds is 5. The fraction of sp³-hybridized carbons (Fsp3) is 0.333. The van der Waals surface area contributed by atoms with Crippen LogP contribution >= 0.6 is 11.3 Å². The summed E-state index contributed by atoms with van der Waals surface area (Å²) in [5.41, 5.74) is 2.68. The molecule has 0 bridgehead atoms. The second-order valence-corrected chi connectivity index (χ2v) is 10.6. The fourth-order valence-corrected chi connectivity index (χ4v) is 4.77. The first-order valence-electron chi connectivity index (χ1n) is 11.4. The Kier molecular flexibility index (Phi) is 5.72. The number of nitrogens with one attached hydrogen (secondary N) is 1. The Morgan fingerprint density at radius 2 is 1.80 bits per heavy atom. The molecule has 0 saturated carbocycles. The Hall–Kier alpha value is -3.86. The van der Waals surface area contributed by atoms with Crippen molar-refractivity contribution < 1.29 is 9.72 Å². The minimum Gasteiger partial charge on any atom is -0.341 e. The summed E-state index contributed by atoms with van der Waals surface area (Å²) >= 11 is 0.823. The lowest BCUT2D eigenvalue weighted by atomic mass is 9.87. The lowest BCUT2D eigenvalue weighted by Gasteiger charge is -2.19. The normalized spacial score (nSPS) is 14.0. The van der Waals surface area contributed by atoms with Gasteiger partial charge in [-0.1, -0.05) is 44.2 Å². The molecule has 0 radical (unpaired) electrons. The van der Waals surface area contributed by atoms with E-state index in [0.717, 1.165) is 43.0 Å². The Morgan fingerprint density at radius 1 is 1.09 bits per heavy atom. The third-order valence-electron chi connectivity index (χ3n) is 6.01. The zero-order valence-electron chi connectivity index (χ0n) is 19.7. The van der Waals surface area contributed by atoms with Crippen molar-refractivity contribution in [3.63, 3.8) is 0 Å². The van der Waals surface area contributed by atoms with Gasteiger partial charge in [-0.2, -0.15) is 15.1 Å². The van der Waals surface area contributed by atoms with Gasteiger partial charge in [-0.3, -0.25) is 14.9 Å². The van der Waals surface area contributed by atoms with Crippen molar-refractivity contribution in [3.05, 3.63) is 63.1 Å². The van der Waals surface area contributed by atoms with Gasteiger partial charge in [-0.15, -0.1) is 0 Å². The van der Waals surface area contributed by atoms with Gasteiger partial charge in [-0.25, -0.2) is 4.68 Å². The number of hydrogen-bond acceptors (Lipinski definition) is 8. The van der Waals surface area contributed by atoms with Gasteiger partial charge in [0.15, 0.2) is 5.65 Å². The van der Waals surface area contributed by atoms with Gasteiger partial charge in [0.25, 0.3) is 5.91 Å².